The summed E-state index contributed by atoms with van der Waals surface area (Å²) in [6, 6.07) is 20.8. The largest absolute Gasteiger partial charge is 0.364 e. The van der Waals surface area contributed by atoms with Crippen molar-refractivity contribution in [3.8, 4) is 0 Å². The van der Waals surface area contributed by atoms with E-state index < -0.39 is 0 Å². The minimum atomic E-state index is 0.171. The molecule has 1 saturated heterocycles. The first-order chi connectivity index (χ1) is 9.34. The highest BCUT2D eigenvalue weighted by atomic mass is 16.1. The van der Waals surface area contributed by atoms with Gasteiger partial charge in [-0.15, -0.1) is 0 Å². The van der Waals surface area contributed by atoms with Crippen LogP contribution in [0.25, 0.3) is 0 Å². The zero-order valence-corrected chi connectivity index (χ0v) is 10.8. The van der Waals surface area contributed by atoms with Crippen LogP contribution in [-0.4, -0.2) is 12.3 Å². The predicted octanol–water partition coefficient (Wildman–Crippen LogP) is 3.60. The minimum Gasteiger partial charge on any atom is -0.364 e. The zero-order chi connectivity index (χ0) is 13.1. The molecular formula is C17H17NO. The lowest BCUT2D eigenvalue weighted by atomic mass is 9.94. The van der Waals surface area contributed by atoms with Crippen LogP contribution in [0.15, 0.2) is 60.7 Å². The summed E-state index contributed by atoms with van der Waals surface area (Å²) in [5, 5.41) is 0. The minimum absolute atomic E-state index is 0.171. The molecule has 0 bridgehead atoms. The van der Waals surface area contributed by atoms with Crippen molar-refractivity contribution in [2.45, 2.75) is 18.9 Å². The molecule has 2 aromatic rings. The summed E-state index contributed by atoms with van der Waals surface area (Å²) in [5.41, 5.74) is 2.42. The molecule has 1 atom stereocenters. The van der Waals surface area contributed by atoms with E-state index in [1.165, 1.54) is 11.3 Å². The number of anilines is 1. The van der Waals surface area contributed by atoms with Crippen LogP contribution in [0.1, 0.15) is 24.4 Å². The monoisotopic (exact) mass is 251 g/mol. The van der Waals surface area contributed by atoms with E-state index in [-0.39, 0.29) is 6.04 Å². The number of benzene rings is 2. The van der Waals surface area contributed by atoms with Gasteiger partial charge in [-0.2, -0.15) is 0 Å². The fourth-order valence-electron chi connectivity index (χ4n) is 2.73. The highest BCUT2D eigenvalue weighted by Gasteiger charge is 2.28. The number of carbonyl (C=O) groups excluding carboxylic acids is 1. The van der Waals surface area contributed by atoms with Gasteiger partial charge in [0.25, 0.3) is 0 Å². The van der Waals surface area contributed by atoms with Gasteiger partial charge in [0.15, 0.2) is 0 Å². The summed E-state index contributed by atoms with van der Waals surface area (Å²) in [5.74, 6) is 0.362. The highest BCUT2D eigenvalue weighted by Crippen LogP contribution is 2.33. The van der Waals surface area contributed by atoms with Crippen molar-refractivity contribution >= 4 is 11.5 Å². The molecule has 2 heteroatoms. The molecule has 1 fully saturated rings. The lowest BCUT2D eigenvalue weighted by Crippen LogP contribution is -2.37. The molecule has 0 radical (unpaired) electrons. The Morgan fingerprint density at radius 3 is 2.21 bits per heavy atom. The van der Waals surface area contributed by atoms with E-state index in [1.54, 1.807) is 0 Å². The van der Waals surface area contributed by atoms with Gasteiger partial charge in [0.05, 0.1) is 6.04 Å². The van der Waals surface area contributed by atoms with Crippen molar-refractivity contribution in [1.29, 1.82) is 0 Å². The van der Waals surface area contributed by atoms with E-state index in [0.29, 0.717) is 18.6 Å². The lowest BCUT2D eigenvalue weighted by molar-refractivity contribution is -0.120. The normalized spacial score (nSPS) is 19.5. The summed E-state index contributed by atoms with van der Waals surface area (Å²) >= 11 is 0. The Balaban J connectivity index is 1.95. The molecule has 96 valence electrons. The molecule has 3 rings (SSSR count). The first-order valence-corrected chi connectivity index (χ1v) is 6.73. The number of nitrogens with zero attached hydrogens (tertiary/aromatic N) is 1. The quantitative estimate of drug-likeness (QED) is 0.813. The molecule has 0 unspecified atom stereocenters. The summed E-state index contributed by atoms with van der Waals surface area (Å²) in [6.45, 7) is 0.808. The number of hydrogen-bond acceptors (Lipinski definition) is 2. The van der Waals surface area contributed by atoms with Crippen LogP contribution in [0, 0.1) is 0 Å². The molecular weight excluding hydrogens is 234 g/mol. The van der Waals surface area contributed by atoms with Gasteiger partial charge in [0, 0.05) is 25.1 Å². The van der Waals surface area contributed by atoms with E-state index in [0.717, 1.165) is 6.54 Å². The Kier molecular flexibility index (Phi) is 3.32. The predicted molar refractivity (Wildman–Crippen MR) is 77.2 cm³/mol. The molecule has 0 aliphatic carbocycles. The Morgan fingerprint density at radius 2 is 1.53 bits per heavy atom. The topological polar surface area (TPSA) is 20.3 Å². The van der Waals surface area contributed by atoms with Crippen LogP contribution in [-0.2, 0) is 4.79 Å². The van der Waals surface area contributed by atoms with E-state index in [2.05, 4.69) is 29.2 Å². The molecule has 2 nitrogen and oxygen atoms in total. The summed E-state index contributed by atoms with van der Waals surface area (Å²) in [7, 11) is 0. The third-order valence-electron chi connectivity index (χ3n) is 3.70. The van der Waals surface area contributed by atoms with Crippen molar-refractivity contribution in [3.05, 3.63) is 66.2 Å². The van der Waals surface area contributed by atoms with Crippen molar-refractivity contribution in [3.63, 3.8) is 0 Å². The first kappa shape index (κ1) is 12.0. The highest BCUT2D eigenvalue weighted by molar-refractivity contribution is 5.82. The first-order valence-electron chi connectivity index (χ1n) is 6.73. The molecule has 1 aliphatic rings. The van der Waals surface area contributed by atoms with Gasteiger partial charge in [-0.3, -0.25) is 4.79 Å². The molecule has 19 heavy (non-hydrogen) atoms. The molecule has 0 saturated carbocycles. The second-order valence-corrected chi connectivity index (χ2v) is 4.95. The standard InChI is InChI=1S/C17H17NO/c19-16-11-12-18(15-9-5-2-6-10-15)17(13-16)14-7-3-1-4-8-14/h1-10,17H,11-13H2/t17-/m1/s1. The van der Waals surface area contributed by atoms with E-state index in [4.69, 9.17) is 0 Å². The Hall–Kier alpha value is -2.09. The van der Waals surface area contributed by atoms with Crippen LogP contribution >= 0.6 is 0 Å². The van der Waals surface area contributed by atoms with Crippen molar-refractivity contribution in [1.82, 2.24) is 0 Å². The van der Waals surface area contributed by atoms with Gasteiger partial charge >= 0.3 is 0 Å². The van der Waals surface area contributed by atoms with Crippen molar-refractivity contribution in [2.24, 2.45) is 0 Å². The maximum atomic E-state index is 11.8. The SMILES string of the molecule is O=C1CCN(c2ccccc2)[C@@H](c2ccccc2)C1. The van der Waals surface area contributed by atoms with E-state index >= 15 is 0 Å². The molecule has 0 N–H and O–H groups in total. The average molecular weight is 251 g/mol. The van der Waals surface area contributed by atoms with Crippen LogP contribution in [0.5, 0.6) is 0 Å². The third kappa shape index (κ3) is 2.53. The maximum Gasteiger partial charge on any atom is 0.137 e. The Bertz CT molecular complexity index is 550. The maximum absolute atomic E-state index is 11.8. The number of carbonyl (C=O) groups is 1. The zero-order valence-electron chi connectivity index (χ0n) is 10.8. The summed E-state index contributed by atoms with van der Waals surface area (Å²) in [4.78, 5) is 14.1. The smallest absolute Gasteiger partial charge is 0.137 e. The van der Waals surface area contributed by atoms with E-state index in [1.807, 2.05) is 36.4 Å². The van der Waals surface area contributed by atoms with Crippen molar-refractivity contribution < 1.29 is 4.79 Å². The van der Waals surface area contributed by atoms with Gasteiger partial charge in [-0.25, -0.2) is 0 Å². The van der Waals surface area contributed by atoms with Gasteiger partial charge in [-0.05, 0) is 17.7 Å². The number of para-hydroxylation sites is 1. The number of ketones is 1. The molecule has 0 spiro atoms. The van der Waals surface area contributed by atoms with Crippen LogP contribution in [0.2, 0.25) is 0 Å². The molecule has 0 amide bonds. The Labute approximate surface area is 113 Å². The van der Waals surface area contributed by atoms with Gasteiger partial charge in [0.2, 0.25) is 0 Å². The van der Waals surface area contributed by atoms with Crippen molar-refractivity contribution in [2.75, 3.05) is 11.4 Å². The van der Waals surface area contributed by atoms with Crippen LogP contribution < -0.4 is 4.90 Å². The number of Topliss-reactive ketones (excluding diaryl/α,β-unsaturated/α-hetero) is 1. The fourth-order valence-corrected chi connectivity index (χ4v) is 2.73. The molecule has 2 aromatic carbocycles. The Morgan fingerprint density at radius 1 is 0.895 bits per heavy atom. The molecule has 1 heterocycles. The molecule has 0 aromatic heterocycles. The van der Waals surface area contributed by atoms with Gasteiger partial charge in [-0.1, -0.05) is 48.5 Å². The number of piperidine rings is 1. The number of hydrogen-bond donors (Lipinski definition) is 0. The lowest BCUT2D eigenvalue weighted by Gasteiger charge is -2.37. The number of rotatable bonds is 2. The molecule has 1 aliphatic heterocycles. The second-order valence-electron chi connectivity index (χ2n) is 4.95. The van der Waals surface area contributed by atoms with Gasteiger partial charge < -0.3 is 4.90 Å². The van der Waals surface area contributed by atoms with E-state index in [9.17, 15) is 4.79 Å². The fraction of sp³-hybridized carbons (Fsp3) is 0.235. The second kappa shape index (κ2) is 5.27. The van der Waals surface area contributed by atoms with Crippen LogP contribution in [0.4, 0.5) is 5.69 Å². The third-order valence-corrected chi connectivity index (χ3v) is 3.70. The van der Waals surface area contributed by atoms with Gasteiger partial charge in [0.1, 0.15) is 5.78 Å². The summed E-state index contributed by atoms with van der Waals surface area (Å²) in [6.07, 6.45) is 1.26. The van der Waals surface area contributed by atoms with Crippen LogP contribution in [0.3, 0.4) is 0 Å². The summed E-state index contributed by atoms with van der Waals surface area (Å²) < 4.78 is 0. The average Bonchev–Trinajstić information content (AvgIpc) is 2.49.